The lowest BCUT2D eigenvalue weighted by atomic mass is 9.93. The molecule has 98 valence electrons. The van der Waals surface area contributed by atoms with E-state index < -0.39 is 5.92 Å². The molecule has 0 aromatic carbocycles. The number of methoxy groups -OCH3 is 1. The normalized spacial score (nSPS) is 21.7. The van der Waals surface area contributed by atoms with Crippen LogP contribution in [-0.4, -0.2) is 33.6 Å². The van der Waals surface area contributed by atoms with Crippen molar-refractivity contribution in [3.8, 4) is 0 Å². The van der Waals surface area contributed by atoms with Crippen molar-refractivity contribution in [2.75, 3.05) is 7.11 Å². The number of esters is 1. The Kier molecular flexibility index (Phi) is 2.90. The minimum Gasteiger partial charge on any atom is -0.468 e. The maximum Gasteiger partial charge on any atom is 0.316 e. The van der Waals surface area contributed by atoms with Gasteiger partial charge in [-0.3, -0.25) is 4.79 Å². The Morgan fingerprint density at radius 1 is 1.53 bits per heavy atom. The Bertz CT molecular complexity index is 632. The largest absolute Gasteiger partial charge is 0.468 e. The van der Waals surface area contributed by atoms with Crippen molar-refractivity contribution in [2.24, 2.45) is 10.9 Å². The number of hydrogen-bond donors (Lipinski definition) is 0. The third-order valence-electron chi connectivity index (χ3n) is 3.15. The number of thiophene rings is 1. The zero-order chi connectivity index (χ0) is 13.4. The highest BCUT2D eigenvalue weighted by Crippen LogP contribution is 2.37. The van der Waals surface area contributed by atoms with Crippen molar-refractivity contribution in [1.82, 2.24) is 14.8 Å². The van der Waals surface area contributed by atoms with E-state index in [1.807, 2.05) is 24.4 Å². The number of hydrogen-bond acceptors (Lipinski definition) is 6. The predicted molar refractivity (Wildman–Crippen MR) is 70.8 cm³/mol. The summed E-state index contributed by atoms with van der Waals surface area (Å²) in [6.45, 7) is 1.82. The maximum atomic E-state index is 12.1. The van der Waals surface area contributed by atoms with E-state index in [2.05, 4.69) is 15.1 Å². The molecular weight excluding hydrogens is 264 g/mol. The minimum absolute atomic E-state index is 0.234. The standard InChI is InChI=1S/C12H12N4O2S/c1-7-9(11(17)18-2)10(8-4-3-5-19-8)16-12(15-7)13-6-14-16/h3-6,9-10H,1-2H3. The smallest absolute Gasteiger partial charge is 0.316 e. The van der Waals surface area contributed by atoms with Gasteiger partial charge in [-0.1, -0.05) is 6.07 Å². The molecule has 2 aromatic rings. The summed E-state index contributed by atoms with van der Waals surface area (Å²) in [5, 5.41) is 6.17. The molecule has 2 unspecified atom stereocenters. The highest BCUT2D eigenvalue weighted by atomic mass is 32.1. The molecule has 2 aromatic heterocycles. The molecule has 6 nitrogen and oxygen atoms in total. The van der Waals surface area contributed by atoms with Gasteiger partial charge >= 0.3 is 5.97 Å². The van der Waals surface area contributed by atoms with Crippen LogP contribution >= 0.6 is 11.3 Å². The maximum absolute atomic E-state index is 12.1. The molecule has 0 fully saturated rings. The Balaban J connectivity index is 2.15. The van der Waals surface area contributed by atoms with Gasteiger partial charge in [0.25, 0.3) is 0 Å². The van der Waals surface area contributed by atoms with Gasteiger partial charge in [0.15, 0.2) is 0 Å². The van der Waals surface area contributed by atoms with Crippen LogP contribution in [0, 0.1) is 5.92 Å². The average Bonchev–Trinajstić information content (AvgIpc) is 3.06. The van der Waals surface area contributed by atoms with Gasteiger partial charge in [-0.05, 0) is 18.4 Å². The van der Waals surface area contributed by atoms with Crippen molar-refractivity contribution in [2.45, 2.75) is 13.0 Å². The second kappa shape index (κ2) is 4.58. The van der Waals surface area contributed by atoms with Crippen LogP contribution in [0.1, 0.15) is 17.8 Å². The SMILES string of the molecule is COC(=O)C1C(C)=Nc2ncnn2C1c1cccs1. The molecule has 0 amide bonds. The first-order chi connectivity index (χ1) is 9.22. The Hall–Kier alpha value is -2.02. The van der Waals surface area contributed by atoms with E-state index in [9.17, 15) is 4.79 Å². The lowest BCUT2D eigenvalue weighted by Crippen LogP contribution is -2.36. The predicted octanol–water partition coefficient (Wildman–Crippen LogP) is 1.82. The lowest BCUT2D eigenvalue weighted by molar-refractivity contribution is -0.144. The molecule has 1 aliphatic heterocycles. The van der Waals surface area contributed by atoms with Gasteiger partial charge < -0.3 is 4.74 Å². The number of nitrogens with zero attached hydrogens (tertiary/aromatic N) is 4. The van der Waals surface area contributed by atoms with E-state index in [4.69, 9.17) is 4.74 Å². The van der Waals surface area contributed by atoms with Crippen LogP contribution in [0.2, 0.25) is 0 Å². The van der Waals surface area contributed by atoms with Crippen LogP contribution < -0.4 is 0 Å². The van der Waals surface area contributed by atoms with Crippen molar-refractivity contribution in [3.05, 3.63) is 28.7 Å². The van der Waals surface area contributed by atoms with Crippen LogP contribution in [0.25, 0.3) is 0 Å². The first-order valence-corrected chi connectivity index (χ1v) is 6.66. The Morgan fingerprint density at radius 2 is 2.37 bits per heavy atom. The fourth-order valence-corrected chi connectivity index (χ4v) is 3.13. The monoisotopic (exact) mass is 276 g/mol. The molecule has 0 N–H and O–H groups in total. The fourth-order valence-electron chi connectivity index (χ4n) is 2.29. The van der Waals surface area contributed by atoms with Gasteiger partial charge in [-0.2, -0.15) is 10.1 Å². The average molecular weight is 276 g/mol. The second-order valence-electron chi connectivity index (χ2n) is 4.22. The number of aliphatic imine (C=N–C) groups is 1. The first-order valence-electron chi connectivity index (χ1n) is 5.78. The fraction of sp³-hybridized carbons (Fsp3) is 0.333. The molecule has 3 rings (SSSR count). The Morgan fingerprint density at radius 3 is 3.05 bits per heavy atom. The summed E-state index contributed by atoms with van der Waals surface area (Å²) in [6, 6.07) is 3.70. The molecule has 0 spiro atoms. The quantitative estimate of drug-likeness (QED) is 0.785. The van der Waals surface area contributed by atoms with Crippen LogP contribution in [0.15, 0.2) is 28.8 Å². The van der Waals surface area contributed by atoms with Gasteiger partial charge in [-0.15, -0.1) is 11.3 Å². The molecule has 3 heterocycles. The zero-order valence-corrected chi connectivity index (χ0v) is 11.3. The van der Waals surface area contributed by atoms with E-state index in [0.717, 1.165) is 4.88 Å². The summed E-state index contributed by atoms with van der Waals surface area (Å²) in [5.41, 5.74) is 0.700. The van der Waals surface area contributed by atoms with Crippen LogP contribution in [0.5, 0.6) is 0 Å². The molecule has 0 saturated heterocycles. The van der Waals surface area contributed by atoms with E-state index in [1.165, 1.54) is 13.4 Å². The summed E-state index contributed by atoms with van der Waals surface area (Å²) in [5.74, 6) is -0.241. The summed E-state index contributed by atoms with van der Waals surface area (Å²) in [7, 11) is 1.39. The highest BCUT2D eigenvalue weighted by molar-refractivity contribution is 7.10. The van der Waals surface area contributed by atoms with Crippen molar-refractivity contribution in [3.63, 3.8) is 0 Å². The molecule has 7 heteroatoms. The number of carbonyl (C=O) groups is 1. The molecule has 0 aliphatic carbocycles. The van der Waals surface area contributed by atoms with E-state index >= 15 is 0 Å². The van der Waals surface area contributed by atoms with Crippen LogP contribution in [-0.2, 0) is 9.53 Å². The van der Waals surface area contributed by atoms with Crippen molar-refractivity contribution >= 4 is 29.0 Å². The van der Waals surface area contributed by atoms with Crippen molar-refractivity contribution < 1.29 is 9.53 Å². The summed E-state index contributed by atoms with van der Waals surface area (Å²) in [6.07, 6.45) is 1.45. The molecule has 0 radical (unpaired) electrons. The third-order valence-corrected chi connectivity index (χ3v) is 4.09. The molecule has 1 aliphatic rings. The summed E-state index contributed by atoms with van der Waals surface area (Å²) in [4.78, 5) is 21.5. The minimum atomic E-state index is -0.460. The zero-order valence-electron chi connectivity index (χ0n) is 10.5. The molecule has 2 atom stereocenters. The second-order valence-corrected chi connectivity index (χ2v) is 5.20. The number of fused-ring (bicyclic) bond motifs is 1. The molecule has 0 bridgehead atoms. The van der Waals surface area contributed by atoms with Gasteiger partial charge in [0.05, 0.1) is 7.11 Å². The third kappa shape index (κ3) is 1.86. The van der Waals surface area contributed by atoms with Crippen LogP contribution in [0.4, 0.5) is 5.95 Å². The summed E-state index contributed by atoms with van der Waals surface area (Å²) < 4.78 is 6.58. The number of carbonyl (C=O) groups excluding carboxylic acids is 1. The lowest BCUT2D eigenvalue weighted by Gasteiger charge is -2.28. The molecule has 19 heavy (non-hydrogen) atoms. The summed E-state index contributed by atoms with van der Waals surface area (Å²) >= 11 is 1.58. The van der Waals surface area contributed by atoms with Crippen molar-refractivity contribution in [1.29, 1.82) is 0 Å². The van der Waals surface area contributed by atoms with Gasteiger partial charge in [0.1, 0.15) is 18.3 Å². The van der Waals surface area contributed by atoms with Crippen LogP contribution in [0.3, 0.4) is 0 Å². The van der Waals surface area contributed by atoms with E-state index in [-0.39, 0.29) is 12.0 Å². The number of rotatable bonds is 2. The Labute approximate surface area is 113 Å². The number of aromatic nitrogens is 3. The molecule has 0 saturated carbocycles. The topological polar surface area (TPSA) is 69.4 Å². The first kappa shape index (κ1) is 12.0. The number of ether oxygens (including phenoxy) is 1. The van der Waals surface area contributed by atoms with E-state index in [1.54, 1.807) is 16.0 Å². The van der Waals surface area contributed by atoms with Gasteiger partial charge in [-0.25, -0.2) is 9.67 Å². The van der Waals surface area contributed by atoms with E-state index in [0.29, 0.717) is 11.7 Å². The van der Waals surface area contributed by atoms with Gasteiger partial charge in [0.2, 0.25) is 5.95 Å². The highest BCUT2D eigenvalue weighted by Gasteiger charge is 2.39. The molecular formula is C12H12N4O2S. The van der Waals surface area contributed by atoms with Gasteiger partial charge in [0, 0.05) is 10.6 Å².